The molecule has 2 heteroatoms. The minimum atomic E-state index is 0.294. The summed E-state index contributed by atoms with van der Waals surface area (Å²) in [5.41, 5.74) is 1.35. The molecular weight excluding hydrogens is 222 g/mol. The van der Waals surface area contributed by atoms with Crippen LogP contribution in [0.15, 0.2) is 36.2 Å². The number of rotatable bonds is 8. The number of allylic oxidation sites excluding steroid dienone is 4. The fourth-order valence-electron chi connectivity index (χ4n) is 2.00. The molecule has 1 atom stereocenters. The van der Waals surface area contributed by atoms with Gasteiger partial charge in [0.2, 0.25) is 0 Å². The van der Waals surface area contributed by atoms with Gasteiger partial charge in [0.1, 0.15) is 0 Å². The average Bonchev–Trinajstić information content (AvgIpc) is 2.56. The lowest BCUT2D eigenvalue weighted by atomic mass is 10.2. The molecule has 1 aliphatic rings. The molecular formula is C16H27NO. The molecule has 0 amide bonds. The Labute approximate surface area is 112 Å². The predicted molar refractivity (Wildman–Crippen MR) is 78.3 cm³/mol. The van der Waals surface area contributed by atoms with Crippen molar-refractivity contribution in [2.24, 2.45) is 0 Å². The molecule has 1 heterocycles. The lowest BCUT2D eigenvalue weighted by molar-refractivity contribution is 0.0607. The van der Waals surface area contributed by atoms with E-state index in [2.05, 4.69) is 56.2 Å². The third-order valence-electron chi connectivity index (χ3n) is 3.01. The lowest BCUT2D eigenvalue weighted by Gasteiger charge is -2.25. The maximum absolute atomic E-state index is 5.84. The van der Waals surface area contributed by atoms with Gasteiger partial charge in [-0.3, -0.25) is 0 Å². The Morgan fingerprint density at radius 1 is 1.17 bits per heavy atom. The third-order valence-corrected chi connectivity index (χ3v) is 3.01. The van der Waals surface area contributed by atoms with Crippen LogP contribution in [0.4, 0.5) is 0 Å². The number of nitrogens with zero attached hydrogens (tertiary/aromatic N) is 1. The van der Waals surface area contributed by atoms with Gasteiger partial charge in [-0.15, -0.1) is 0 Å². The van der Waals surface area contributed by atoms with Crippen LogP contribution in [-0.2, 0) is 4.74 Å². The maximum atomic E-state index is 5.84. The SMILES string of the molecule is CCCCOC(C)CC1=CC=CC=CN1CCC. The van der Waals surface area contributed by atoms with Crippen molar-refractivity contribution in [1.82, 2.24) is 4.90 Å². The smallest absolute Gasteiger partial charge is 0.0601 e. The van der Waals surface area contributed by atoms with Crippen LogP contribution in [0, 0.1) is 0 Å². The van der Waals surface area contributed by atoms with Crippen molar-refractivity contribution in [2.45, 2.75) is 52.6 Å². The molecule has 0 aromatic heterocycles. The van der Waals surface area contributed by atoms with Crippen LogP contribution < -0.4 is 0 Å². The summed E-state index contributed by atoms with van der Waals surface area (Å²) in [6.45, 7) is 8.53. The van der Waals surface area contributed by atoms with Crippen LogP contribution >= 0.6 is 0 Å². The Kier molecular flexibility index (Phi) is 7.51. The highest BCUT2D eigenvalue weighted by molar-refractivity contribution is 5.22. The zero-order valence-electron chi connectivity index (χ0n) is 12.1. The second-order valence-corrected chi connectivity index (χ2v) is 4.82. The number of ether oxygens (including phenoxy) is 1. The molecule has 0 aromatic rings. The van der Waals surface area contributed by atoms with Gasteiger partial charge in [-0.1, -0.05) is 32.4 Å². The molecule has 0 aliphatic carbocycles. The van der Waals surface area contributed by atoms with Gasteiger partial charge in [0.05, 0.1) is 6.10 Å². The highest BCUT2D eigenvalue weighted by Gasteiger charge is 2.11. The van der Waals surface area contributed by atoms with E-state index in [1.54, 1.807) is 0 Å². The first-order valence-electron chi connectivity index (χ1n) is 7.20. The van der Waals surface area contributed by atoms with Crippen molar-refractivity contribution in [2.75, 3.05) is 13.2 Å². The minimum absolute atomic E-state index is 0.294. The van der Waals surface area contributed by atoms with Gasteiger partial charge in [-0.05, 0) is 31.9 Å². The molecule has 1 unspecified atom stereocenters. The molecule has 0 fully saturated rings. The summed E-state index contributed by atoms with van der Waals surface area (Å²) in [5.74, 6) is 0. The summed E-state index contributed by atoms with van der Waals surface area (Å²) >= 11 is 0. The van der Waals surface area contributed by atoms with Gasteiger partial charge < -0.3 is 9.64 Å². The van der Waals surface area contributed by atoms with Crippen LogP contribution in [0.25, 0.3) is 0 Å². The quantitative estimate of drug-likeness (QED) is 0.596. The fourth-order valence-corrected chi connectivity index (χ4v) is 2.00. The Hall–Kier alpha value is -1.02. The average molecular weight is 249 g/mol. The van der Waals surface area contributed by atoms with Crippen molar-refractivity contribution < 1.29 is 4.74 Å². The molecule has 0 bridgehead atoms. The Morgan fingerprint density at radius 3 is 2.72 bits per heavy atom. The first kappa shape index (κ1) is 15.0. The summed E-state index contributed by atoms with van der Waals surface area (Å²) in [4.78, 5) is 2.33. The zero-order chi connectivity index (χ0) is 13.2. The summed E-state index contributed by atoms with van der Waals surface area (Å²) in [6, 6.07) is 0. The number of hydrogen-bond donors (Lipinski definition) is 0. The van der Waals surface area contributed by atoms with Crippen LogP contribution in [-0.4, -0.2) is 24.2 Å². The van der Waals surface area contributed by atoms with Crippen LogP contribution in [0.1, 0.15) is 46.5 Å². The van der Waals surface area contributed by atoms with E-state index in [9.17, 15) is 0 Å². The van der Waals surface area contributed by atoms with Crippen molar-refractivity contribution in [3.8, 4) is 0 Å². The van der Waals surface area contributed by atoms with E-state index >= 15 is 0 Å². The minimum Gasteiger partial charge on any atom is -0.378 e. The lowest BCUT2D eigenvalue weighted by Crippen LogP contribution is -2.21. The molecule has 1 rings (SSSR count). The molecule has 1 aliphatic heterocycles. The topological polar surface area (TPSA) is 12.5 Å². The molecule has 0 aromatic carbocycles. The normalized spacial score (nSPS) is 16.6. The monoisotopic (exact) mass is 249 g/mol. The number of unbranched alkanes of at least 4 members (excludes halogenated alkanes) is 1. The molecule has 18 heavy (non-hydrogen) atoms. The molecule has 0 saturated carbocycles. The molecule has 0 N–H and O–H groups in total. The van der Waals surface area contributed by atoms with Gasteiger partial charge in [-0.2, -0.15) is 0 Å². The second-order valence-electron chi connectivity index (χ2n) is 4.82. The van der Waals surface area contributed by atoms with Gasteiger partial charge in [0.25, 0.3) is 0 Å². The van der Waals surface area contributed by atoms with Gasteiger partial charge in [0.15, 0.2) is 0 Å². The Bertz CT molecular complexity index is 304. The van der Waals surface area contributed by atoms with E-state index in [-0.39, 0.29) is 0 Å². The molecule has 2 nitrogen and oxygen atoms in total. The van der Waals surface area contributed by atoms with Crippen molar-refractivity contribution in [3.63, 3.8) is 0 Å². The second kappa shape index (κ2) is 8.98. The molecule has 102 valence electrons. The van der Waals surface area contributed by atoms with E-state index in [1.807, 2.05) is 0 Å². The van der Waals surface area contributed by atoms with E-state index < -0.39 is 0 Å². The van der Waals surface area contributed by atoms with Crippen LogP contribution in [0.2, 0.25) is 0 Å². The molecule has 0 saturated heterocycles. The van der Waals surface area contributed by atoms with Gasteiger partial charge >= 0.3 is 0 Å². The summed E-state index contributed by atoms with van der Waals surface area (Å²) < 4.78 is 5.84. The summed E-state index contributed by atoms with van der Waals surface area (Å²) in [6.07, 6.45) is 15.4. The summed E-state index contributed by atoms with van der Waals surface area (Å²) in [7, 11) is 0. The van der Waals surface area contributed by atoms with Crippen LogP contribution in [0.3, 0.4) is 0 Å². The van der Waals surface area contributed by atoms with Gasteiger partial charge in [0, 0.05) is 31.5 Å². The van der Waals surface area contributed by atoms with E-state index in [1.165, 1.54) is 12.1 Å². The Morgan fingerprint density at radius 2 is 2.00 bits per heavy atom. The zero-order valence-corrected chi connectivity index (χ0v) is 12.1. The van der Waals surface area contributed by atoms with E-state index in [0.717, 1.165) is 32.4 Å². The van der Waals surface area contributed by atoms with E-state index in [0.29, 0.717) is 6.10 Å². The van der Waals surface area contributed by atoms with Crippen molar-refractivity contribution in [1.29, 1.82) is 0 Å². The first-order chi connectivity index (χ1) is 8.77. The third kappa shape index (κ3) is 5.54. The van der Waals surface area contributed by atoms with Gasteiger partial charge in [-0.25, -0.2) is 0 Å². The standard InChI is InChI=1S/C16H27NO/c1-4-6-13-18-15(3)14-16-10-8-7-9-12-17(16)11-5-2/h7-10,12,15H,4-6,11,13-14H2,1-3H3. The molecule has 0 radical (unpaired) electrons. The first-order valence-corrected chi connectivity index (χ1v) is 7.20. The van der Waals surface area contributed by atoms with Crippen LogP contribution in [0.5, 0.6) is 0 Å². The van der Waals surface area contributed by atoms with Crippen molar-refractivity contribution in [3.05, 3.63) is 36.2 Å². The maximum Gasteiger partial charge on any atom is 0.0601 e. The molecule has 0 spiro atoms. The largest absolute Gasteiger partial charge is 0.378 e. The van der Waals surface area contributed by atoms with E-state index in [4.69, 9.17) is 4.74 Å². The highest BCUT2D eigenvalue weighted by atomic mass is 16.5. The Balaban J connectivity index is 2.48. The highest BCUT2D eigenvalue weighted by Crippen LogP contribution is 2.17. The number of hydrogen-bond acceptors (Lipinski definition) is 2. The van der Waals surface area contributed by atoms with Crippen molar-refractivity contribution >= 4 is 0 Å². The fraction of sp³-hybridized carbons (Fsp3) is 0.625. The predicted octanol–water partition coefficient (Wildman–Crippen LogP) is 4.26. The summed E-state index contributed by atoms with van der Waals surface area (Å²) in [5, 5.41) is 0.